The number of aliphatic imine (C=N–C) groups is 1. The van der Waals surface area contributed by atoms with Crippen molar-refractivity contribution in [3.63, 3.8) is 0 Å². The third kappa shape index (κ3) is 2.71. The van der Waals surface area contributed by atoms with E-state index in [1.54, 1.807) is 24.2 Å². The van der Waals surface area contributed by atoms with Crippen molar-refractivity contribution in [2.75, 3.05) is 17.2 Å². The largest absolute Gasteiger partial charge is 0.355 e. The summed E-state index contributed by atoms with van der Waals surface area (Å²) >= 11 is 7.45. The highest BCUT2D eigenvalue weighted by molar-refractivity contribution is 8.14. The van der Waals surface area contributed by atoms with Crippen LogP contribution < -0.4 is 4.90 Å². The predicted octanol–water partition coefficient (Wildman–Crippen LogP) is 3.11. The lowest BCUT2D eigenvalue weighted by Crippen LogP contribution is -2.25. The maximum atomic E-state index is 12.0. The van der Waals surface area contributed by atoms with Crippen LogP contribution in [0.2, 0.25) is 5.02 Å². The van der Waals surface area contributed by atoms with E-state index in [0.29, 0.717) is 10.2 Å². The van der Waals surface area contributed by atoms with Gasteiger partial charge in [0.1, 0.15) is 6.33 Å². The number of halogens is 1. The molecule has 20 heavy (non-hydrogen) atoms. The Morgan fingerprint density at radius 1 is 1.35 bits per heavy atom. The highest BCUT2D eigenvalue weighted by atomic mass is 35.5. The van der Waals surface area contributed by atoms with Crippen molar-refractivity contribution in [1.29, 1.82) is 0 Å². The summed E-state index contributed by atoms with van der Waals surface area (Å²) in [7, 11) is 0. The van der Waals surface area contributed by atoms with Gasteiger partial charge < -0.3 is 4.90 Å². The fourth-order valence-corrected chi connectivity index (χ4v) is 2.94. The van der Waals surface area contributed by atoms with Gasteiger partial charge in [0.25, 0.3) is 0 Å². The first kappa shape index (κ1) is 13.2. The monoisotopic (exact) mass is 306 g/mol. The lowest BCUT2D eigenvalue weighted by molar-refractivity contribution is 0.250. The van der Waals surface area contributed by atoms with Gasteiger partial charge in [0.15, 0.2) is 5.17 Å². The molecular formula is C13H11ClN4OS. The average Bonchev–Trinajstić information content (AvgIpc) is 3.10. The Hall–Kier alpha value is -1.79. The smallest absolute Gasteiger partial charge is 0.320 e. The molecule has 102 valence electrons. The number of hydrogen-bond donors (Lipinski definition) is 0. The molecule has 0 aliphatic carbocycles. The van der Waals surface area contributed by atoms with Crippen molar-refractivity contribution in [3.8, 4) is 0 Å². The van der Waals surface area contributed by atoms with E-state index in [4.69, 9.17) is 11.6 Å². The van der Waals surface area contributed by atoms with E-state index < -0.39 is 0 Å². The molecule has 0 spiro atoms. The van der Waals surface area contributed by atoms with Crippen LogP contribution in [0.3, 0.4) is 0 Å². The van der Waals surface area contributed by atoms with Crippen LogP contribution in [0.4, 0.5) is 10.5 Å². The van der Waals surface area contributed by atoms with Gasteiger partial charge in [0.05, 0.1) is 0 Å². The third-order valence-electron chi connectivity index (χ3n) is 2.83. The lowest BCUT2D eigenvalue weighted by Gasteiger charge is -2.17. The van der Waals surface area contributed by atoms with Crippen LogP contribution in [-0.4, -0.2) is 33.0 Å². The predicted molar refractivity (Wildman–Crippen MR) is 81.7 cm³/mol. The summed E-state index contributed by atoms with van der Waals surface area (Å²) in [5, 5.41) is 1.39. The minimum atomic E-state index is -0.342. The number of hydrogen-bond acceptors (Lipinski definition) is 3. The molecule has 1 aromatic carbocycles. The number of rotatable bonds is 1. The van der Waals surface area contributed by atoms with E-state index in [2.05, 4.69) is 9.98 Å². The van der Waals surface area contributed by atoms with Crippen LogP contribution in [0.25, 0.3) is 0 Å². The van der Waals surface area contributed by atoms with Crippen molar-refractivity contribution in [2.45, 2.75) is 0 Å². The summed E-state index contributed by atoms with van der Waals surface area (Å²) in [6, 6.07) is 7.16. The second-order valence-electron chi connectivity index (χ2n) is 4.12. The van der Waals surface area contributed by atoms with Gasteiger partial charge in [-0.05, 0) is 24.3 Å². The van der Waals surface area contributed by atoms with Crippen LogP contribution in [0.5, 0.6) is 0 Å². The molecule has 7 heteroatoms. The van der Waals surface area contributed by atoms with E-state index in [-0.39, 0.29) is 6.03 Å². The summed E-state index contributed by atoms with van der Waals surface area (Å²) in [5.41, 5.74) is 0.983. The van der Waals surface area contributed by atoms with E-state index in [1.165, 1.54) is 10.9 Å². The van der Waals surface area contributed by atoms with Crippen molar-refractivity contribution in [2.24, 2.45) is 4.99 Å². The summed E-state index contributed by atoms with van der Waals surface area (Å²) in [6.45, 7) is 0.822. The Bertz CT molecular complexity index is 639. The number of anilines is 1. The number of carbonyl (C=O) groups excluding carboxylic acids is 1. The number of aromatic nitrogens is 2. The van der Waals surface area contributed by atoms with Crippen LogP contribution >= 0.6 is 23.4 Å². The molecule has 3 rings (SSSR count). The summed E-state index contributed by atoms with van der Waals surface area (Å²) in [4.78, 5) is 22.0. The zero-order chi connectivity index (χ0) is 13.9. The summed E-state index contributed by atoms with van der Waals surface area (Å²) in [5.74, 6) is 0.901. The third-order valence-corrected chi connectivity index (χ3v) is 4.04. The molecule has 1 amide bonds. The molecule has 1 fully saturated rings. The first-order chi connectivity index (χ1) is 9.74. The molecule has 1 aliphatic rings. The van der Waals surface area contributed by atoms with E-state index in [1.807, 2.05) is 29.2 Å². The lowest BCUT2D eigenvalue weighted by atomic mass is 10.3. The van der Waals surface area contributed by atoms with E-state index in [0.717, 1.165) is 18.0 Å². The molecule has 0 bridgehead atoms. The van der Waals surface area contributed by atoms with Gasteiger partial charge in [-0.15, -0.1) is 0 Å². The number of nitrogens with zero attached hydrogens (tertiary/aromatic N) is 4. The minimum Gasteiger partial charge on any atom is -0.320 e. The Kier molecular flexibility index (Phi) is 3.75. The fraction of sp³-hybridized carbons (Fsp3) is 0.154. The second kappa shape index (κ2) is 5.68. The van der Waals surface area contributed by atoms with Gasteiger partial charge in [0.2, 0.25) is 0 Å². The molecule has 1 saturated heterocycles. The molecule has 0 atom stereocenters. The molecule has 1 aromatic heterocycles. The average molecular weight is 307 g/mol. The molecule has 2 heterocycles. The summed E-state index contributed by atoms with van der Waals surface area (Å²) in [6.07, 6.45) is 4.58. The fourth-order valence-electron chi connectivity index (χ4n) is 1.87. The van der Waals surface area contributed by atoms with Crippen LogP contribution in [0, 0.1) is 0 Å². The maximum absolute atomic E-state index is 12.0. The normalized spacial score (nSPS) is 16.9. The zero-order valence-electron chi connectivity index (χ0n) is 10.4. The second-order valence-corrected chi connectivity index (χ2v) is 5.62. The highest BCUT2D eigenvalue weighted by Crippen LogP contribution is 2.26. The highest BCUT2D eigenvalue weighted by Gasteiger charge is 2.22. The molecule has 0 unspecified atom stereocenters. The summed E-state index contributed by atoms with van der Waals surface area (Å²) < 4.78 is 1.35. The number of thioether (sulfide) groups is 1. The molecule has 1 aliphatic heterocycles. The van der Waals surface area contributed by atoms with Crippen LogP contribution in [0.1, 0.15) is 0 Å². The van der Waals surface area contributed by atoms with Gasteiger partial charge in [-0.2, -0.15) is 4.99 Å². The number of amides is 1. The number of benzene rings is 1. The molecular weight excluding hydrogens is 296 g/mol. The maximum Gasteiger partial charge on any atom is 0.355 e. The van der Waals surface area contributed by atoms with Gasteiger partial charge in [-0.25, -0.2) is 9.78 Å². The first-order valence-electron chi connectivity index (χ1n) is 6.01. The molecule has 5 nitrogen and oxygen atoms in total. The Labute approximate surface area is 125 Å². The zero-order valence-corrected chi connectivity index (χ0v) is 12.0. The standard InChI is InChI=1S/C13H11ClN4OS/c14-10-1-3-11(4-2-10)18-7-8-20-13(18)16-12(19)17-6-5-15-9-17/h1-6,9H,7-8H2. The van der Waals surface area contributed by atoms with E-state index in [9.17, 15) is 4.79 Å². The number of imidazole rings is 1. The van der Waals surface area contributed by atoms with Crippen molar-refractivity contribution >= 4 is 40.2 Å². The Balaban J connectivity index is 1.85. The Morgan fingerprint density at radius 2 is 2.15 bits per heavy atom. The molecule has 0 N–H and O–H groups in total. The van der Waals surface area contributed by atoms with Gasteiger partial charge in [0, 0.05) is 35.4 Å². The van der Waals surface area contributed by atoms with E-state index >= 15 is 0 Å². The quantitative estimate of drug-likeness (QED) is 0.812. The van der Waals surface area contributed by atoms with Gasteiger partial charge in [-0.3, -0.25) is 4.57 Å². The Morgan fingerprint density at radius 3 is 2.85 bits per heavy atom. The SMILES string of the molecule is O=C(N=C1SCCN1c1ccc(Cl)cc1)n1ccnc1. The van der Waals surface area contributed by atoms with Crippen molar-refractivity contribution < 1.29 is 4.79 Å². The van der Waals surface area contributed by atoms with Crippen LogP contribution in [0.15, 0.2) is 48.0 Å². The van der Waals surface area contributed by atoms with Crippen LogP contribution in [-0.2, 0) is 0 Å². The molecule has 0 saturated carbocycles. The number of carbonyl (C=O) groups is 1. The number of amidine groups is 1. The molecule has 0 radical (unpaired) electrons. The first-order valence-corrected chi connectivity index (χ1v) is 7.37. The topological polar surface area (TPSA) is 50.5 Å². The molecule has 2 aromatic rings. The van der Waals surface area contributed by atoms with Gasteiger partial charge >= 0.3 is 6.03 Å². The van der Waals surface area contributed by atoms with Gasteiger partial charge in [-0.1, -0.05) is 23.4 Å². The van der Waals surface area contributed by atoms with Crippen molar-refractivity contribution in [3.05, 3.63) is 48.0 Å². The van der Waals surface area contributed by atoms with Crippen molar-refractivity contribution in [1.82, 2.24) is 9.55 Å². The minimum absolute atomic E-state index is 0.342.